The quantitative estimate of drug-likeness (QED) is 0.569. The van der Waals surface area contributed by atoms with Gasteiger partial charge in [-0.25, -0.2) is 0 Å². The molecule has 0 saturated heterocycles. The molecule has 1 aromatic rings. The number of rotatable bonds is 12. The molecule has 0 heterocycles. The Balaban J connectivity index is 2.47. The molecule has 0 aliphatic carbocycles. The topological polar surface area (TPSA) is 70.7 Å². The van der Waals surface area contributed by atoms with E-state index in [0.717, 1.165) is 38.0 Å². The summed E-state index contributed by atoms with van der Waals surface area (Å²) in [7, 11) is 1.64. The standard InChI is InChI=1S/C19H31N3O3/c1-4-12-22(13-5-2)19(24)16-7-9-17(10-8-16)21-15-18(23)20-11-6-14-25-3/h7-10,21H,4-6,11-15H2,1-3H3,(H,20,23). The van der Waals surface area contributed by atoms with Gasteiger partial charge in [0.15, 0.2) is 0 Å². The van der Waals surface area contributed by atoms with Crippen LogP contribution in [0, 0.1) is 0 Å². The van der Waals surface area contributed by atoms with Crippen LogP contribution in [0.2, 0.25) is 0 Å². The number of ether oxygens (including phenoxy) is 1. The van der Waals surface area contributed by atoms with Crippen molar-refractivity contribution in [2.24, 2.45) is 0 Å². The van der Waals surface area contributed by atoms with E-state index in [1.165, 1.54) is 0 Å². The van der Waals surface area contributed by atoms with Crippen molar-refractivity contribution in [1.82, 2.24) is 10.2 Å². The first-order valence-corrected chi connectivity index (χ1v) is 9.01. The third-order valence-corrected chi connectivity index (χ3v) is 3.71. The minimum atomic E-state index is -0.0617. The van der Waals surface area contributed by atoms with Crippen LogP contribution >= 0.6 is 0 Å². The number of anilines is 1. The monoisotopic (exact) mass is 349 g/mol. The first-order valence-electron chi connectivity index (χ1n) is 9.01. The molecule has 0 radical (unpaired) electrons. The van der Waals surface area contributed by atoms with Crippen molar-refractivity contribution in [2.75, 3.05) is 45.2 Å². The average molecular weight is 349 g/mol. The SMILES string of the molecule is CCCN(CCC)C(=O)c1ccc(NCC(=O)NCCCOC)cc1. The highest BCUT2D eigenvalue weighted by Gasteiger charge is 2.13. The molecule has 6 heteroatoms. The lowest BCUT2D eigenvalue weighted by molar-refractivity contribution is -0.119. The van der Waals surface area contributed by atoms with Crippen LogP contribution in [0.4, 0.5) is 5.69 Å². The summed E-state index contributed by atoms with van der Waals surface area (Å²) in [5.41, 5.74) is 1.50. The van der Waals surface area contributed by atoms with E-state index in [2.05, 4.69) is 24.5 Å². The molecular formula is C19H31N3O3. The van der Waals surface area contributed by atoms with Crippen molar-refractivity contribution in [1.29, 1.82) is 0 Å². The van der Waals surface area contributed by atoms with Gasteiger partial charge in [-0.1, -0.05) is 13.8 Å². The van der Waals surface area contributed by atoms with Gasteiger partial charge in [0, 0.05) is 44.6 Å². The zero-order chi connectivity index (χ0) is 18.5. The first kappa shape index (κ1) is 21.0. The molecule has 140 valence electrons. The van der Waals surface area contributed by atoms with E-state index in [-0.39, 0.29) is 18.4 Å². The maximum atomic E-state index is 12.5. The Labute approximate surface area is 150 Å². The van der Waals surface area contributed by atoms with Crippen LogP contribution in [0.1, 0.15) is 43.5 Å². The van der Waals surface area contributed by atoms with Gasteiger partial charge in [0.05, 0.1) is 6.54 Å². The molecule has 25 heavy (non-hydrogen) atoms. The molecule has 1 aromatic carbocycles. The van der Waals surface area contributed by atoms with E-state index in [1.54, 1.807) is 19.2 Å². The third-order valence-electron chi connectivity index (χ3n) is 3.71. The second-order valence-electron chi connectivity index (χ2n) is 5.92. The van der Waals surface area contributed by atoms with E-state index >= 15 is 0 Å². The number of amides is 2. The lowest BCUT2D eigenvalue weighted by Crippen LogP contribution is -2.32. The van der Waals surface area contributed by atoms with Crippen LogP contribution in [0.3, 0.4) is 0 Å². The van der Waals surface area contributed by atoms with E-state index in [9.17, 15) is 9.59 Å². The predicted octanol–water partition coefficient (Wildman–Crippen LogP) is 2.51. The number of methoxy groups -OCH3 is 1. The number of nitrogens with one attached hydrogen (secondary N) is 2. The highest BCUT2D eigenvalue weighted by molar-refractivity contribution is 5.94. The molecule has 0 saturated carbocycles. The van der Waals surface area contributed by atoms with Gasteiger partial charge in [0.2, 0.25) is 5.91 Å². The molecular weight excluding hydrogens is 318 g/mol. The Bertz CT molecular complexity index is 511. The molecule has 0 spiro atoms. The Morgan fingerprint density at radius 1 is 1.08 bits per heavy atom. The molecule has 0 unspecified atom stereocenters. The van der Waals surface area contributed by atoms with Crippen molar-refractivity contribution in [3.63, 3.8) is 0 Å². The molecule has 0 atom stereocenters. The minimum Gasteiger partial charge on any atom is -0.385 e. The number of hydrogen-bond donors (Lipinski definition) is 2. The maximum Gasteiger partial charge on any atom is 0.253 e. The fourth-order valence-electron chi connectivity index (χ4n) is 2.46. The highest BCUT2D eigenvalue weighted by atomic mass is 16.5. The van der Waals surface area contributed by atoms with Crippen molar-refractivity contribution >= 4 is 17.5 Å². The fourth-order valence-corrected chi connectivity index (χ4v) is 2.46. The van der Waals surface area contributed by atoms with Gasteiger partial charge < -0.3 is 20.3 Å². The molecule has 1 rings (SSSR count). The van der Waals surface area contributed by atoms with Crippen LogP contribution in [0.25, 0.3) is 0 Å². The van der Waals surface area contributed by atoms with Gasteiger partial charge in [-0.2, -0.15) is 0 Å². The summed E-state index contributed by atoms with van der Waals surface area (Å²) in [4.78, 5) is 26.1. The summed E-state index contributed by atoms with van der Waals surface area (Å²) in [6, 6.07) is 7.28. The normalized spacial score (nSPS) is 10.4. The Morgan fingerprint density at radius 2 is 1.72 bits per heavy atom. The highest BCUT2D eigenvalue weighted by Crippen LogP contribution is 2.12. The Kier molecular flexibility index (Phi) is 10.3. The zero-order valence-electron chi connectivity index (χ0n) is 15.6. The molecule has 2 N–H and O–H groups in total. The molecule has 0 aliphatic rings. The van der Waals surface area contributed by atoms with Crippen LogP contribution in [-0.4, -0.2) is 56.6 Å². The van der Waals surface area contributed by atoms with Gasteiger partial charge in [-0.15, -0.1) is 0 Å². The van der Waals surface area contributed by atoms with Gasteiger partial charge >= 0.3 is 0 Å². The number of hydrogen-bond acceptors (Lipinski definition) is 4. The van der Waals surface area contributed by atoms with E-state index in [1.807, 2.05) is 17.0 Å². The largest absolute Gasteiger partial charge is 0.385 e. The van der Waals surface area contributed by atoms with Crippen LogP contribution in [0.5, 0.6) is 0 Å². The molecule has 0 bridgehead atoms. The van der Waals surface area contributed by atoms with Crippen molar-refractivity contribution < 1.29 is 14.3 Å². The van der Waals surface area contributed by atoms with Gasteiger partial charge in [0.1, 0.15) is 0 Å². The van der Waals surface area contributed by atoms with Crippen molar-refractivity contribution in [3.05, 3.63) is 29.8 Å². The van der Waals surface area contributed by atoms with Crippen molar-refractivity contribution in [3.8, 4) is 0 Å². The number of nitrogens with zero attached hydrogens (tertiary/aromatic N) is 1. The molecule has 6 nitrogen and oxygen atoms in total. The smallest absolute Gasteiger partial charge is 0.253 e. The summed E-state index contributed by atoms with van der Waals surface area (Å²) < 4.78 is 4.93. The molecule has 0 aliphatic heterocycles. The fraction of sp³-hybridized carbons (Fsp3) is 0.579. The third kappa shape index (κ3) is 8.03. The van der Waals surface area contributed by atoms with Crippen molar-refractivity contribution in [2.45, 2.75) is 33.1 Å². The second kappa shape index (κ2) is 12.3. The van der Waals surface area contributed by atoms with E-state index < -0.39 is 0 Å². The summed E-state index contributed by atoms with van der Waals surface area (Å²) >= 11 is 0. The number of benzene rings is 1. The van der Waals surface area contributed by atoms with E-state index in [4.69, 9.17) is 4.74 Å². The van der Waals surface area contributed by atoms with Gasteiger partial charge in [-0.05, 0) is 43.5 Å². The predicted molar refractivity (Wildman–Crippen MR) is 101 cm³/mol. The lowest BCUT2D eigenvalue weighted by Gasteiger charge is -2.21. The second-order valence-corrected chi connectivity index (χ2v) is 5.92. The Hall–Kier alpha value is -2.08. The summed E-state index contributed by atoms with van der Waals surface area (Å²) in [5, 5.41) is 5.88. The van der Waals surface area contributed by atoms with Crippen LogP contribution < -0.4 is 10.6 Å². The minimum absolute atomic E-state index is 0.0612. The average Bonchev–Trinajstić information content (AvgIpc) is 2.63. The summed E-state index contributed by atoms with van der Waals surface area (Å²) in [6.45, 7) is 7.14. The van der Waals surface area contributed by atoms with Crippen LogP contribution in [-0.2, 0) is 9.53 Å². The lowest BCUT2D eigenvalue weighted by atomic mass is 10.1. The molecule has 0 fully saturated rings. The number of carbonyl (C=O) groups is 2. The number of carbonyl (C=O) groups excluding carboxylic acids is 2. The zero-order valence-corrected chi connectivity index (χ0v) is 15.6. The summed E-state index contributed by atoms with van der Waals surface area (Å²) in [5.74, 6) is -0.000501. The Morgan fingerprint density at radius 3 is 2.28 bits per heavy atom. The summed E-state index contributed by atoms with van der Waals surface area (Å²) in [6.07, 6.45) is 2.70. The van der Waals surface area contributed by atoms with Crippen LogP contribution in [0.15, 0.2) is 24.3 Å². The maximum absolute atomic E-state index is 12.5. The van der Waals surface area contributed by atoms with E-state index in [0.29, 0.717) is 18.7 Å². The van der Waals surface area contributed by atoms with Gasteiger partial charge in [-0.3, -0.25) is 9.59 Å². The molecule has 0 aromatic heterocycles. The van der Waals surface area contributed by atoms with Gasteiger partial charge in [0.25, 0.3) is 5.91 Å². The molecule has 2 amide bonds. The first-order chi connectivity index (χ1) is 12.1.